The number of hydrogen-bond donors (Lipinski definition) is 0. The number of carbonyl (C=O) groups is 2. The predicted octanol–water partition coefficient (Wildman–Crippen LogP) is 3.70. The monoisotopic (exact) mass is 362 g/mol. The quantitative estimate of drug-likeness (QED) is 0.819. The third-order valence-electron chi connectivity index (χ3n) is 4.58. The van der Waals surface area contributed by atoms with Crippen LogP contribution in [0.15, 0.2) is 24.3 Å². The van der Waals surface area contributed by atoms with Crippen LogP contribution in [0.1, 0.15) is 40.0 Å². The van der Waals surface area contributed by atoms with Crippen LogP contribution in [0.4, 0.5) is 10.5 Å². The number of hydrogen-bond acceptors (Lipinski definition) is 4. The van der Waals surface area contributed by atoms with Gasteiger partial charge in [0.25, 0.3) is 0 Å². The number of nitrogens with zero attached hydrogens (tertiary/aromatic N) is 2. The van der Waals surface area contributed by atoms with Gasteiger partial charge in [0.05, 0.1) is 19.9 Å². The minimum Gasteiger partial charge on any atom is -0.495 e. The summed E-state index contributed by atoms with van der Waals surface area (Å²) in [4.78, 5) is 28.5. The summed E-state index contributed by atoms with van der Waals surface area (Å²) in [5.41, 5.74) is 0.671. The van der Waals surface area contributed by atoms with Crippen molar-refractivity contribution in [2.24, 2.45) is 5.41 Å². The van der Waals surface area contributed by atoms with Gasteiger partial charge in [0.1, 0.15) is 5.75 Å². The maximum absolute atomic E-state index is 12.5. The number of carbonyl (C=O) groups excluding carboxylic acids is 2. The van der Waals surface area contributed by atoms with Crippen LogP contribution in [0.5, 0.6) is 5.75 Å². The molecule has 0 radical (unpaired) electrons. The summed E-state index contributed by atoms with van der Waals surface area (Å²) in [5, 5.41) is 0. The SMILES string of the molecule is COC(=O)N(c1ccccc1OC)C1CCN(C(=O)CC(C)(C)C)CC1. The topological polar surface area (TPSA) is 59.1 Å². The molecule has 1 fully saturated rings. The van der Waals surface area contributed by atoms with E-state index in [1.54, 1.807) is 12.0 Å². The zero-order chi connectivity index (χ0) is 19.3. The van der Waals surface area contributed by atoms with Crippen molar-refractivity contribution in [3.05, 3.63) is 24.3 Å². The van der Waals surface area contributed by atoms with Gasteiger partial charge in [-0.1, -0.05) is 32.9 Å². The molecule has 1 aromatic rings. The average molecular weight is 362 g/mol. The van der Waals surface area contributed by atoms with Gasteiger partial charge in [-0.2, -0.15) is 0 Å². The maximum atomic E-state index is 12.5. The molecule has 6 nitrogen and oxygen atoms in total. The number of anilines is 1. The van der Waals surface area contributed by atoms with Crippen molar-refractivity contribution >= 4 is 17.7 Å². The molecular weight excluding hydrogens is 332 g/mol. The standard InChI is InChI=1S/C20H30N2O4/c1-20(2,3)14-18(23)21-12-10-15(11-13-21)22(19(24)26-5)16-8-6-7-9-17(16)25-4/h6-9,15H,10-14H2,1-5H3. The minimum atomic E-state index is -0.408. The Morgan fingerprint density at radius 1 is 1.15 bits per heavy atom. The van der Waals surface area contributed by atoms with Crippen molar-refractivity contribution in [3.8, 4) is 5.75 Å². The molecule has 144 valence electrons. The Morgan fingerprint density at radius 3 is 2.31 bits per heavy atom. The van der Waals surface area contributed by atoms with Crippen molar-refractivity contribution in [3.63, 3.8) is 0 Å². The highest BCUT2D eigenvalue weighted by Gasteiger charge is 2.33. The zero-order valence-corrected chi connectivity index (χ0v) is 16.4. The fourth-order valence-corrected chi connectivity index (χ4v) is 3.31. The number of likely N-dealkylation sites (tertiary alicyclic amines) is 1. The van der Waals surface area contributed by atoms with E-state index in [0.29, 0.717) is 43.8 Å². The van der Waals surface area contributed by atoms with Crippen molar-refractivity contribution in [2.45, 2.75) is 46.1 Å². The van der Waals surface area contributed by atoms with Gasteiger partial charge in [-0.05, 0) is 30.4 Å². The first kappa shape index (κ1) is 20.1. The van der Waals surface area contributed by atoms with Gasteiger partial charge in [0, 0.05) is 25.6 Å². The molecule has 1 aromatic carbocycles. The Hall–Kier alpha value is -2.24. The molecule has 0 bridgehead atoms. The highest BCUT2D eigenvalue weighted by Crippen LogP contribution is 2.33. The molecule has 0 aliphatic carbocycles. The maximum Gasteiger partial charge on any atom is 0.414 e. The van der Waals surface area contributed by atoms with Crippen LogP contribution in [0.3, 0.4) is 0 Å². The van der Waals surface area contributed by atoms with Gasteiger partial charge in [0.2, 0.25) is 5.91 Å². The van der Waals surface area contributed by atoms with Crippen LogP contribution >= 0.6 is 0 Å². The van der Waals surface area contributed by atoms with Gasteiger partial charge in [-0.15, -0.1) is 0 Å². The smallest absolute Gasteiger partial charge is 0.414 e. The predicted molar refractivity (Wildman–Crippen MR) is 102 cm³/mol. The van der Waals surface area contributed by atoms with Crippen LogP contribution in [0.25, 0.3) is 0 Å². The average Bonchev–Trinajstić information content (AvgIpc) is 2.61. The molecule has 0 aromatic heterocycles. The Morgan fingerprint density at radius 2 is 1.77 bits per heavy atom. The van der Waals surface area contributed by atoms with E-state index in [1.165, 1.54) is 7.11 Å². The highest BCUT2D eigenvalue weighted by molar-refractivity contribution is 5.90. The lowest BCUT2D eigenvalue weighted by molar-refractivity contribution is -0.134. The van der Waals surface area contributed by atoms with Crippen molar-refractivity contribution in [1.29, 1.82) is 0 Å². The second kappa shape index (κ2) is 8.43. The first-order chi connectivity index (χ1) is 12.3. The second-order valence-electron chi connectivity index (χ2n) is 7.86. The van der Waals surface area contributed by atoms with Gasteiger partial charge >= 0.3 is 6.09 Å². The normalized spacial score (nSPS) is 15.5. The Balaban J connectivity index is 2.13. The number of methoxy groups -OCH3 is 2. The summed E-state index contributed by atoms with van der Waals surface area (Å²) >= 11 is 0. The lowest BCUT2D eigenvalue weighted by Gasteiger charge is -2.38. The largest absolute Gasteiger partial charge is 0.495 e. The summed E-state index contributed by atoms with van der Waals surface area (Å²) in [5.74, 6) is 0.807. The zero-order valence-electron chi connectivity index (χ0n) is 16.4. The molecule has 0 saturated carbocycles. The van der Waals surface area contributed by atoms with E-state index in [4.69, 9.17) is 9.47 Å². The van der Waals surface area contributed by atoms with Gasteiger partial charge in [0.15, 0.2) is 0 Å². The molecule has 0 unspecified atom stereocenters. The number of ether oxygens (including phenoxy) is 2. The second-order valence-corrected chi connectivity index (χ2v) is 7.86. The van der Waals surface area contributed by atoms with E-state index in [9.17, 15) is 9.59 Å². The third kappa shape index (κ3) is 4.90. The van der Waals surface area contributed by atoms with E-state index in [0.717, 1.165) is 0 Å². The molecule has 26 heavy (non-hydrogen) atoms. The summed E-state index contributed by atoms with van der Waals surface area (Å²) in [6.45, 7) is 7.49. The van der Waals surface area contributed by atoms with Gasteiger partial charge < -0.3 is 14.4 Å². The first-order valence-electron chi connectivity index (χ1n) is 9.05. The molecule has 0 spiro atoms. The number of rotatable bonds is 4. The minimum absolute atomic E-state index is 0.0244. The van der Waals surface area contributed by atoms with Crippen LogP contribution in [-0.2, 0) is 9.53 Å². The van der Waals surface area contributed by atoms with Gasteiger partial charge in [-0.3, -0.25) is 9.69 Å². The number of piperidine rings is 1. The first-order valence-corrected chi connectivity index (χ1v) is 9.05. The molecule has 1 aliphatic rings. The molecule has 0 N–H and O–H groups in total. The fraction of sp³-hybridized carbons (Fsp3) is 0.600. The molecule has 0 atom stereocenters. The van der Waals surface area contributed by atoms with Crippen LogP contribution in [0, 0.1) is 5.41 Å². The lowest BCUT2D eigenvalue weighted by Crippen LogP contribution is -2.49. The fourth-order valence-electron chi connectivity index (χ4n) is 3.31. The van der Waals surface area contributed by atoms with E-state index in [1.807, 2.05) is 29.2 Å². The Kier molecular flexibility index (Phi) is 6.51. The van der Waals surface area contributed by atoms with Crippen molar-refractivity contribution < 1.29 is 19.1 Å². The van der Waals surface area contributed by atoms with Crippen molar-refractivity contribution in [1.82, 2.24) is 4.90 Å². The van der Waals surface area contributed by atoms with E-state index in [2.05, 4.69) is 20.8 Å². The summed E-state index contributed by atoms with van der Waals surface area (Å²) in [6.07, 6.45) is 1.55. The Labute approximate surface area is 156 Å². The highest BCUT2D eigenvalue weighted by atomic mass is 16.5. The molecule has 2 rings (SSSR count). The molecule has 1 heterocycles. The van der Waals surface area contributed by atoms with E-state index < -0.39 is 6.09 Å². The van der Waals surface area contributed by atoms with Crippen LogP contribution in [0.2, 0.25) is 0 Å². The Bertz CT molecular complexity index is 631. The molecule has 2 amide bonds. The van der Waals surface area contributed by atoms with E-state index >= 15 is 0 Å². The van der Waals surface area contributed by atoms with E-state index in [-0.39, 0.29) is 17.4 Å². The van der Waals surface area contributed by atoms with Crippen LogP contribution < -0.4 is 9.64 Å². The molecule has 6 heteroatoms. The number of para-hydroxylation sites is 2. The third-order valence-corrected chi connectivity index (χ3v) is 4.58. The summed E-state index contributed by atoms with van der Waals surface area (Å²) < 4.78 is 10.4. The van der Waals surface area contributed by atoms with Crippen molar-refractivity contribution in [2.75, 3.05) is 32.2 Å². The molecule has 1 saturated heterocycles. The lowest BCUT2D eigenvalue weighted by atomic mass is 9.91. The number of benzene rings is 1. The summed E-state index contributed by atoms with van der Waals surface area (Å²) in [7, 11) is 2.97. The van der Waals surface area contributed by atoms with Gasteiger partial charge in [-0.25, -0.2) is 4.79 Å². The molecular formula is C20H30N2O4. The number of amides is 2. The summed E-state index contributed by atoms with van der Waals surface area (Å²) in [6, 6.07) is 7.39. The van der Waals surface area contributed by atoms with Crippen LogP contribution in [-0.4, -0.2) is 50.3 Å². The molecule has 1 aliphatic heterocycles.